The highest BCUT2D eigenvalue weighted by Gasteiger charge is 2.52. The molecule has 1 saturated carbocycles. The van der Waals surface area contributed by atoms with E-state index < -0.39 is 57.7 Å². The Balaban J connectivity index is 1.28. The summed E-state index contributed by atoms with van der Waals surface area (Å²) in [4.78, 5) is 25.9. The van der Waals surface area contributed by atoms with Gasteiger partial charge in [0.2, 0.25) is 10.0 Å². The summed E-state index contributed by atoms with van der Waals surface area (Å²) in [6, 6.07) is 12.5. The zero-order chi connectivity index (χ0) is 37.1. The molecule has 2 fully saturated rings. The van der Waals surface area contributed by atoms with Crippen LogP contribution in [0.3, 0.4) is 0 Å². The molecule has 15 heteroatoms. The number of ether oxygens (including phenoxy) is 1. The van der Waals surface area contributed by atoms with Gasteiger partial charge < -0.3 is 23.8 Å². The number of amides is 1. The molecular formula is C36H38BF3N2O8S. The molecule has 1 amide bonds. The zero-order valence-electron chi connectivity index (χ0n) is 29.0. The highest BCUT2D eigenvalue weighted by molar-refractivity contribution is 7.88. The lowest BCUT2D eigenvalue weighted by Crippen LogP contribution is -2.41. The number of hydrogen-bond acceptors (Lipinski definition) is 8. The number of furan rings is 1. The molecule has 6 rings (SSSR count). The molecule has 0 spiro atoms. The summed E-state index contributed by atoms with van der Waals surface area (Å²) in [7, 11) is -2.11. The van der Waals surface area contributed by atoms with Gasteiger partial charge in [0, 0.05) is 24.5 Å². The number of methoxy groups -OCH3 is 1. The van der Waals surface area contributed by atoms with E-state index in [1.807, 2.05) is 27.7 Å². The molecule has 1 aromatic heterocycles. The van der Waals surface area contributed by atoms with Gasteiger partial charge in [0.1, 0.15) is 11.3 Å². The number of halogens is 3. The van der Waals surface area contributed by atoms with E-state index in [-0.39, 0.29) is 40.5 Å². The molecule has 1 aliphatic heterocycles. The van der Waals surface area contributed by atoms with Crippen LogP contribution in [-0.4, -0.2) is 52.8 Å². The molecule has 0 radical (unpaired) electrons. The Morgan fingerprint density at radius 1 is 0.980 bits per heavy atom. The maximum Gasteiger partial charge on any atom is 0.495 e. The largest absolute Gasteiger partial charge is 0.495 e. The number of alkyl halides is 3. The Hall–Kier alpha value is -4.18. The van der Waals surface area contributed by atoms with E-state index in [1.165, 1.54) is 26.3 Å². The molecule has 2 aliphatic rings. The van der Waals surface area contributed by atoms with Gasteiger partial charge in [-0.3, -0.25) is 4.79 Å². The van der Waals surface area contributed by atoms with Crippen LogP contribution in [0, 0.1) is 0 Å². The number of nitrogens with one attached hydrogen (secondary N) is 2. The van der Waals surface area contributed by atoms with Crippen molar-refractivity contribution in [3.05, 3.63) is 88.0 Å². The van der Waals surface area contributed by atoms with Crippen LogP contribution in [0.1, 0.15) is 89.4 Å². The molecular weight excluding hydrogens is 688 g/mol. The third-order valence-electron chi connectivity index (χ3n) is 9.77. The first-order chi connectivity index (χ1) is 23.8. The van der Waals surface area contributed by atoms with E-state index in [0.717, 1.165) is 30.5 Å². The second-order valence-corrected chi connectivity index (χ2v) is 15.7. The summed E-state index contributed by atoms with van der Waals surface area (Å²) in [5, 5.41) is 3.00. The molecule has 0 unspecified atom stereocenters. The lowest BCUT2D eigenvalue weighted by atomic mass is 9.75. The van der Waals surface area contributed by atoms with Crippen molar-refractivity contribution in [3.8, 4) is 11.3 Å². The molecule has 4 aromatic rings. The molecule has 2 N–H and O–H groups in total. The van der Waals surface area contributed by atoms with Gasteiger partial charge >= 0.3 is 19.3 Å². The number of benzene rings is 3. The Morgan fingerprint density at radius 3 is 2.20 bits per heavy atom. The highest BCUT2D eigenvalue weighted by Crippen LogP contribution is 2.45. The van der Waals surface area contributed by atoms with Crippen LogP contribution in [0.25, 0.3) is 22.3 Å². The van der Waals surface area contributed by atoms with Crippen LogP contribution >= 0.6 is 0 Å². The summed E-state index contributed by atoms with van der Waals surface area (Å²) < 4.78 is 92.7. The molecule has 270 valence electrons. The predicted octanol–water partition coefficient (Wildman–Crippen LogP) is 6.06. The number of carbonyl (C=O) groups excluding carboxylic acids is 2. The minimum absolute atomic E-state index is 0.0725. The van der Waals surface area contributed by atoms with Crippen molar-refractivity contribution in [2.75, 3.05) is 14.2 Å². The molecule has 51 heavy (non-hydrogen) atoms. The van der Waals surface area contributed by atoms with Crippen LogP contribution in [0.4, 0.5) is 13.2 Å². The number of hydrogen-bond donors (Lipinski definition) is 2. The van der Waals surface area contributed by atoms with Gasteiger partial charge in [0.15, 0.2) is 0 Å². The fraction of sp³-hybridized carbons (Fsp3) is 0.389. The van der Waals surface area contributed by atoms with E-state index >= 15 is 0 Å². The summed E-state index contributed by atoms with van der Waals surface area (Å²) >= 11 is 0. The van der Waals surface area contributed by atoms with E-state index in [4.69, 9.17) is 18.5 Å². The van der Waals surface area contributed by atoms with Gasteiger partial charge in [-0.1, -0.05) is 24.3 Å². The number of esters is 1. The third kappa shape index (κ3) is 7.30. The molecule has 1 aliphatic carbocycles. The topological polar surface area (TPSA) is 133 Å². The van der Waals surface area contributed by atoms with Crippen LogP contribution in [0.15, 0.2) is 59.0 Å². The predicted molar refractivity (Wildman–Crippen MR) is 185 cm³/mol. The minimum Gasteiger partial charge on any atom is -0.465 e. The van der Waals surface area contributed by atoms with Gasteiger partial charge in [0.25, 0.3) is 5.91 Å². The van der Waals surface area contributed by atoms with Crippen molar-refractivity contribution in [1.82, 2.24) is 10.0 Å². The van der Waals surface area contributed by atoms with E-state index in [1.54, 1.807) is 30.3 Å². The number of rotatable bonds is 10. The van der Waals surface area contributed by atoms with Gasteiger partial charge in [-0.25, -0.2) is 17.9 Å². The smallest absolute Gasteiger partial charge is 0.465 e. The van der Waals surface area contributed by atoms with Crippen LogP contribution < -0.4 is 15.5 Å². The molecule has 0 atom stereocenters. The average molecular weight is 727 g/mol. The van der Waals surface area contributed by atoms with Crippen LogP contribution in [0.5, 0.6) is 0 Å². The number of fused-ring (bicyclic) bond motifs is 1. The minimum atomic E-state index is -4.54. The van der Waals surface area contributed by atoms with Gasteiger partial charge in [-0.15, -0.1) is 0 Å². The Kier molecular flexibility index (Phi) is 9.41. The monoisotopic (exact) mass is 726 g/mol. The first-order valence-corrected chi connectivity index (χ1v) is 18.0. The molecule has 2 heterocycles. The van der Waals surface area contributed by atoms with Crippen molar-refractivity contribution in [2.45, 2.75) is 76.1 Å². The quantitative estimate of drug-likeness (QED) is 0.149. The van der Waals surface area contributed by atoms with Crippen molar-refractivity contribution >= 4 is 45.5 Å². The first-order valence-electron chi connectivity index (χ1n) is 16.4. The summed E-state index contributed by atoms with van der Waals surface area (Å²) in [6.07, 6.45) is -2.88. The Morgan fingerprint density at radius 2 is 1.63 bits per heavy atom. The maximum atomic E-state index is 13.5. The van der Waals surface area contributed by atoms with Gasteiger partial charge in [-0.05, 0) is 98.9 Å². The molecule has 1 saturated heterocycles. The maximum absolute atomic E-state index is 13.5. The van der Waals surface area contributed by atoms with Gasteiger partial charge in [0.05, 0.1) is 40.8 Å². The van der Waals surface area contributed by atoms with Gasteiger partial charge in [-0.2, -0.15) is 13.2 Å². The SMILES string of the molecule is CNC(=O)c1c(-c2ccc(C(F)(F)F)cc2)oc2cc(CS(=O)(=O)NCc3ccc(B4OC(C)(C)C(C)(C)O4)c(C(=O)OC)c3)c(C3CC3)cc12. The summed E-state index contributed by atoms with van der Waals surface area (Å²) in [5.74, 6) is -1.38. The second-order valence-electron chi connectivity index (χ2n) is 13.9. The third-order valence-corrected chi connectivity index (χ3v) is 11.0. The van der Waals surface area contributed by atoms with Crippen molar-refractivity contribution in [2.24, 2.45) is 0 Å². The highest BCUT2D eigenvalue weighted by atomic mass is 32.2. The lowest BCUT2D eigenvalue weighted by Gasteiger charge is -2.32. The molecule has 10 nitrogen and oxygen atoms in total. The average Bonchev–Trinajstić information content (AvgIpc) is 3.80. The van der Waals surface area contributed by atoms with E-state index in [0.29, 0.717) is 22.0 Å². The van der Waals surface area contributed by atoms with Crippen molar-refractivity contribution < 1.29 is 49.6 Å². The standard InChI is InChI=1S/C36H38BF3N2O8S/c1-34(2)35(3,4)50-37(49-34)28-14-7-20(15-26(28)33(44)47-6)18-42-51(45,46)19-23-16-29-27(17-25(23)21-8-9-21)30(32(43)41-5)31(48-29)22-10-12-24(13-11-22)36(38,39)40/h7,10-17,21,42H,8-9,18-19H2,1-6H3,(H,41,43). The normalized spacial score (nSPS) is 17.2. The van der Waals surface area contributed by atoms with Crippen molar-refractivity contribution in [1.29, 1.82) is 0 Å². The number of carbonyl (C=O) groups is 2. The first kappa shape index (κ1) is 36.6. The lowest BCUT2D eigenvalue weighted by molar-refractivity contribution is -0.137. The summed E-state index contributed by atoms with van der Waals surface area (Å²) in [5.41, 5.74) is 0.849. The Labute approximate surface area is 294 Å². The fourth-order valence-electron chi connectivity index (χ4n) is 6.09. The van der Waals surface area contributed by atoms with E-state index in [9.17, 15) is 31.2 Å². The zero-order valence-corrected chi connectivity index (χ0v) is 29.8. The van der Waals surface area contributed by atoms with Crippen molar-refractivity contribution in [3.63, 3.8) is 0 Å². The Bertz CT molecular complexity index is 2110. The molecule has 0 bridgehead atoms. The van der Waals surface area contributed by atoms with Crippen LogP contribution in [-0.2, 0) is 42.5 Å². The fourth-order valence-corrected chi connectivity index (χ4v) is 7.24. The van der Waals surface area contributed by atoms with E-state index in [2.05, 4.69) is 10.0 Å². The second kappa shape index (κ2) is 13.1. The molecule has 3 aromatic carbocycles. The summed E-state index contributed by atoms with van der Waals surface area (Å²) in [6.45, 7) is 7.45. The van der Waals surface area contributed by atoms with Crippen LogP contribution in [0.2, 0.25) is 0 Å². The number of sulfonamides is 1.